The first-order valence-electron chi connectivity index (χ1n) is 6.85. The number of carbonyl (C=O) groups excluding carboxylic acids is 2. The van der Waals surface area contributed by atoms with Crippen LogP contribution in [-0.2, 0) is 16.1 Å². The normalized spacial score (nSPS) is 19.5. The summed E-state index contributed by atoms with van der Waals surface area (Å²) in [5.74, 6) is 0.732. The highest BCUT2D eigenvalue weighted by atomic mass is 16.5. The Balaban J connectivity index is 2.09. The van der Waals surface area contributed by atoms with Crippen LogP contribution in [0.2, 0.25) is 0 Å². The predicted octanol–water partition coefficient (Wildman–Crippen LogP) is 1.32. The minimum Gasteiger partial charge on any atom is -0.497 e. The molecule has 5 heteroatoms. The van der Waals surface area contributed by atoms with Crippen molar-refractivity contribution >= 4 is 11.8 Å². The molecule has 1 aromatic carbocycles. The van der Waals surface area contributed by atoms with Crippen molar-refractivity contribution in [3.05, 3.63) is 29.8 Å². The van der Waals surface area contributed by atoms with E-state index in [0.29, 0.717) is 25.9 Å². The van der Waals surface area contributed by atoms with E-state index in [1.54, 1.807) is 12.0 Å². The van der Waals surface area contributed by atoms with Gasteiger partial charge in [0.15, 0.2) is 0 Å². The molecule has 0 bridgehead atoms. The number of ether oxygens (including phenoxy) is 1. The fourth-order valence-electron chi connectivity index (χ4n) is 2.28. The molecule has 1 fully saturated rings. The zero-order valence-electron chi connectivity index (χ0n) is 11.9. The third-order valence-electron chi connectivity index (χ3n) is 3.49. The van der Waals surface area contributed by atoms with Gasteiger partial charge in [0.2, 0.25) is 11.8 Å². The summed E-state index contributed by atoms with van der Waals surface area (Å²) in [5.41, 5.74) is 1.03. The van der Waals surface area contributed by atoms with Crippen LogP contribution in [0.5, 0.6) is 5.75 Å². The molecule has 0 aromatic heterocycles. The van der Waals surface area contributed by atoms with Gasteiger partial charge >= 0.3 is 0 Å². The monoisotopic (exact) mass is 276 g/mol. The molecule has 5 nitrogen and oxygen atoms in total. The van der Waals surface area contributed by atoms with Crippen molar-refractivity contribution in [2.75, 3.05) is 13.7 Å². The van der Waals surface area contributed by atoms with Crippen LogP contribution in [0.3, 0.4) is 0 Å². The molecule has 1 unspecified atom stereocenters. The fourth-order valence-corrected chi connectivity index (χ4v) is 2.28. The van der Waals surface area contributed by atoms with Gasteiger partial charge in [-0.3, -0.25) is 9.59 Å². The maximum atomic E-state index is 12.3. The lowest BCUT2D eigenvalue weighted by Crippen LogP contribution is -2.43. The molecule has 0 aliphatic carbocycles. The zero-order chi connectivity index (χ0) is 14.5. The summed E-state index contributed by atoms with van der Waals surface area (Å²) in [6, 6.07) is 7.22. The van der Waals surface area contributed by atoms with Crippen LogP contribution >= 0.6 is 0 Å². The van der Waals surface area contributed by atoms with Crippen LogP contribution in [0.15, 0.2) is 24.3 Å². The topological polar surface area (TPSA) is 58.6 Å². The van der Waals surface area contributed by atoms with E-state index in [1.165, 1.54) is 0 Å². The van der Waals surface area contributed by atoms with Gasteiger partial charge in [0.1, 0.15) is 11.8 Å². The number of nitrogens with one attached hydrogen (secondary N) is 1. The standard InChI is InChI=1S/C15H20N2O3/c1-3-13-15(19)17(9-8-14(18)16-13)10-11-4-6-12(20-2)7-5-11/h4-7,13H,3,8-10H2,1-2H3,(H,16,18). The summed E-state index contributed by atoms with van der Waals surface area (Å²) < 4.78 is 5.11. The lowest BCUT2D eigenvalue weighted by Gasteiger charge is -2.23. The van der Waals surface area contributed by atoms with E-state index in [1.807, 2.05) is 31.2 Å². The minimum absolute atomic E-state index is 0.00540. The molecule has 0 saturated carbocycles. The number of carbonyl (C=O) groups is 2. The van der Waals surface area contributed by atoms with Crippen LogP contribution in [0.25, 0.3) is 0 Å². The van der Waals surface area contributed by atoms with Crippen LogP contribution in [0.1, 0.15) is 25.3 Å². The Morgan fingerprint density at radius 1 is 1.30 bits per heavy atom. The summed E-state index contributed by atoms with van der Waals surface area (Å²) in [6.07, 6.45) is 0.974. The predicted molar refractivity (Wildman–Crippen MR) is 75.2 cm³/mol. The Bertz CT molecular complexity index is 484. The molecule has 1 saturated heterocycles. The molecule has 2 rings (SSSR count). The summed E-state index contributed by atoms with van der Waals surface area (Å²) in [6.45, 7) is 2.89. The second-order valence-corrected chi connectivity index (χ2v) is 4.89. The Kier molecular flexibility index (Phi) is 4.61. The quantitative estimate of drug-likeness (QED) is 0.902. The summed E-state index contributed by atoms with van der Waals surface area (Å²) in [5, 5.41) is 2.76. The summed E-state index contributed by atoms with van der Waals surface area (Å²) in [4.78, 5) is 25.7. The first-order valence-corrected chi connectivity index (χ1v) is 6.85. The van der Waals surface area contributed by atoms with Gasteiger partial charge < -0.3 is 15.0 Å². The SMILES string of the molecule is CCC1NC(=O)CCN(Cc2ccc(OC)cc2)C1=O. The van der Waals surface area contributed by atoms with Gasteiger partial charge in [-0.05, 0) is 24.1 Å². The molecular weight excluding hydrogens is 256 g/mol. The third-order valence-corrected chi connectivity index (χ3v) is 3.49. The summed E-state index contributed by atoms with van der Waals surface area (Å²) in [7, 11) is 1.62. The highest BCUT2D eigenvalue weighted by molar-refractivity contribution is 5.89. The van der Waals surface area contributed by atoms with Gasteiger partial charge in [-0.2, -0.15) is 0 Å². The second-order valence-electron chi connectivity index (χ2n) is 4.89. The van der Waals surface area contributed by atoms with E-state index in [0.717, 1.165) is 11.3 Å². The van der Waals surface area contributed by atoms with Gasteiger partial charge in [-0.25, -0.2) is 0 Å². The van der Waals surface area contributed by atoms with Gasteiger partial charge in [0.25, 0.3) is 0 Å². The van der Waals surface area contributed by atoms with Crippen molar-refractivity contribution in [2.24, 2.45) is 0 Å². The van der Waals surface area contributed by atoms with Crippen molar-refractivity contribution in [1.29, 1.82) is 0 Å². The van der Waals surface area contributed by atoms with Gasteiger partial charge in [-0.1, -0.05) is 19.1 Å². The first-order chi connectivity index (χ1) is 9.63. The lowest BCUT2D eigenvalue weighted by atomic mass is 10.1. The molecule has 1 aliphatic heterocycles. The smallest absolute Gasteiger partial charge is 0.245 e. The van der Waals surface area contributed by atoms with E-state index in [2.05, 4.69) is 5.32 Å². The molecule has 2 amide bonds. The third kappa shape index (κ3) is 3.29. The number of amides is 2. The average Bonchev–Trinajstić information content (AvgIpc) is 2.61. The van der Waals surface area contributed by atoms with E-state index >= 15 is 0 Å². The van der Waals surface area contributed by atoms with E-state index < -0.39 is 6.04 Å². The number of benzene rings is 1. The highest BCUT2D eigenvalue weighted by Gasteiger charge is 2.28. The minimum atomic E-state index is -0.400. The maximum Gasteiger partial charge on any atom is 0.245 e. The molecule has 108 valence electrons. The summed E-state index contributed by atoms with van der Waals surface area (Å²) >= 11 is 0. The number of rotatable bonds is 4. The Morgan fingerprint density at radius 2 is 2.00 bits per heavy atom. The van der Waals surface area contributed by atoms with Gasteiger partial charge in [0.05, 0.1) is 7.11 Å². The molecule has 0 spiro atoms. The van der Waals surface area contributed by atoms with Crippen LogP contribution in [0.4, 0.5) is 0 Å². The van der Waals surface area contributed by atoms with Crippen molar-refractivity contribution in [2.45, 2.75) is 32.4 Å². The fraction of sp³-hybridized carbons (Fsp3) is 0.467. The Hall–Kier alpha value is -2.04. The number of hydrogen-bond donors (Lipinski definition) is 1. The first kappa shape index (κ1) is 14.4. The number of hydrogen-bond acceptors (Lipinski definition) is 3. The molecule has 1 aromatic rings. The van der Waals surface area contributed by atoms with Crippen LogP contribution in [-0.4, -0.2) is 36.4 Å². The van der Waals surface area contributed by atoms with E-state index in [-0.39, 0.29) is 11.8 Å². The lowest BCUT2D eigenvalue weighted by molar-refractivity contribution is -0.134. The van der Waals surface area contributed by atoms with Crippen molar-refractivity contribution < 1.29 is 14.3 Å². The highest BCUT2D eigenvalue weighted by Crippen LogP contribution is 2.15. The van der Waals surface area contributed by atoms with E-state index in [4.69, 9.17) is 4.74 Å². The second kappa shape index (κ2) is 6.41. The molecule has 0 radical (unpaired) electrons. The van der Waals surface area contributed by atoms with Crippen LogP contribution < -0.4 is 10.1 Å². The maximum absolute atomic E-state index is 12.3. The average molecular weight is 276 g/mol. The van der Waals surface area contributed by atoms with Crippen LogP contribution in [0, 0.1) is 0 Å². The number of methoxy groups -OCH3 is 1. The molecular formula is C15H20N2O3. The van der Waals surface area contributed by atoms with Crippen molar-refractivity contribution in [3.63, 3.8) is 0 Å². The van der Waals surface area contributed by atoms with Gasteiger partial charge in [-0.15, -0.1) is 0 Å². The largest absolute Gasteiger partial charge is 0.497 e. The molecule has 1 heterocycles. The van der Waals surface area contributed by atoms with E-state index in [9.17, 15) is 9.59 Å². The van der Waals surface area contributed by atoms with Gasteiger partial charge in [0, 0.05) is 19.5 Å². The number of nitrogens with zero attached hydrogens (tertiary/aromatic N) is 1. The Morgan fingerprint density at radius 3 is 2.60 bits per heavy atom. The van der Waals surface area contributed by atoms with Crippen molar-refractivity contribution in [3.8, 4) is 5.75 Å². The van der Waals surface area contributed by atoms with Crippen molar-refractivity contribution in [1.82, 2.24) is 10.2 Å². The molecule has 20 heavy (non-hydrogen) atoms. The zero-order valence-corrected chi connectivity index (χ0v) is 11.9. The molecule has 1 aliphatic rings. The molecule has 1 atom stereocenters. The Labute approximate surface area is 118 Å². The molecule has 1 N–H and O–H groups in total.